The Hall–Kier alpha value is -1.51. The highest BCUT2D eigenvalue weighted by molar-refractivity contribution is 7.92. The van der Waals surface area contributed by atoms with Crippen molar-refractivity contribution >= 4 is 26.5 Å². The SMILES string of the molecule is O=S(=O)(Cc1cccc(CNC2CC2)c1)Nc1nncs1. The molecule has 1 aromatic heterocycles. The number of nitrogens with one attached hydrogen (secondary N) is 2. The zero-order chi connectivity index (χ0) is 14.7. The number of anilines is 1. The van der Waals surface area contributed by atoms with E-state index in [9.17, 15) is 8.42 Å². The van der Waals surface area contributed by atoms with Crippen LogP contribution in [-0.4, -0.2) is 24.7 Å². The van der Waals surface area contributed by atoms with E-state index in [0.717, 1.165) is 29.0 Å². The van der Waals surface area contributed by atoms with Gasteiger partial charge in [-0.15, -0.1) is 10.2 Å². The normalized spacial score (nSPS) is 15.0. The molecule has 0 atom stereocenters. The van der Waals surface area contributed by atoms with Crippen molar-refractivity contribution in [3.63, 3.8) is 0 Å². The summed E-state index contributed by atoms with van der Waals surface area (Å²) >= 11 is 1.16. The first kappa shape index (κ1) is 14.4. The summed E-state index contributed by atoms with van der Waals surface area (Å²) in [4.78, 5) is 0. The average Bonchev–Trinajstić information content (AvgIpc) is 3.13. The van der Waals surface area contributed by atoms with Crippen LogP contribution in [0, 0.1) is 0 Å². The van der Waals surface area contributed by atoms with Gasteiger partial charge in [0.05, 0.1) is 5.75 Å². The summed E-state index contributed by atoms with van der Waals surface area (Å²) in [6.07, 6.45) is 2.47. The monoisotopic (exact) mass is 324 g/mol. The zero-order valence-corrected chi connectivity index (χ0v) is 13.0. The minimum Gasteiger partial charge on any atom is -0.310 e. The van der Waals surface area contributed by atoms with Crippen molar-refractivity contribution in [2.24, 2.45) is 0 Å². The number of hydrogen-bond acceptors (Lipinski definition) is 6. The smallest absolute Gasteiger partial charge is 0.238 e. The Bertz CT molecular complexity index is 697. The van der Waals surface area contributed by atoms with Crippen LogP contribution in [0.2, 0.25) is 0 Å². The molecule has 1 aliphatic rings. The van der Waals surface area contributed by atoms with E-state index < -0.39 is 10.0 Å². The fraction of sp³-hybridized carbons (Fsp3) is 0.385. The molecule has 1 aliphatic carbocycles. The lowest BCUT2D eigenvalue weighted by Crippen LogP contribution is -2.17. The van der Waals surface area contributed by atoms with Crippen molar-refractivity contribution in [3.05, 3.63) is 40.9 Å². The molecule has 1 fully saturated rings. The number of rotatable bonds is 7. The van der Waals surface area contributed by atoms with Gasteiger partial charge in [0.1, 0.15) is 5.51 Å². The van der Waals surface area contributed by atoms with Crippen LogP contribution in [0.3, 0.4) is 0 Å². The minimum atomic E-state index is -3.46. The summed E-state index contributed by atoms with van der Waals surface area (Å²) in [5, 5.41) is 11.0. The topological polar surface area (TPSA) is 84.0 Å². The van der Waals surface area contributed by atoms with Crippen LogP contribution in [0.4, 0.5) is 5.13 Å². The van der Waals surface area contributed by atoms with E-state index in [4.69, 9.17) is 0 Å². The second-order valence-corrected chi connectivity index (χ2v) is 7.64. The largest absolute Gasteiger partial charge is 0.310 e. The van der Waals surface area contributed by atoms with Gasteiger partial charge >= 0.3 is 0 Å². The van der Waals surface area contributed by atoms with Gasteiger partial charge in [-0.05, 0) is 24.0 Å². The van der Waals surface area contributed by atoms with Crippen LogP contribution in [-0.2, 0) is 22.3 Å². The van der Waals surface area contributed by atoms with E-state index in [-0.39, 0.29) is 5.75 Å². The van der Waals surface area contributed by atoms with Gasteiger partial charge in [-0.25, -0.2) is 8.42 Å². The van der Waals surface area contributed by atoms with E-state index in [1.54, 1.807) is 0 Å². The molecule has 0 amide bonds. The summed E-state index contributed by atoms with van der Waals surface area (Å²) < 4.78 is 26.6. The number of sulfonamides is 1. The molecule has 0 radical (unpaired) electrons. The summed E-state index contributed by atoms with van der Waals surface area (Å²) in [6.45, 7) is 0.780. The third kappa shape index (κ3) is 4.48. The molecule has 6 nitrogen and oxygen atoms in total. The van der Waals surface area contributed by atoms with Gasteiger partial charge in [0, 0.05) is 12.6 Å². The van der Waals surface area contributed by atoms with Crippen LogP contribution < -0.4 is 10.0 Å². The Morgan fingerprint density at radius 3 is 2.81 bits per heavy atom. The van der Waals surface area contributed by atoms with Crippen molar-refractivity contribution in [2.45, 2.75) is 31.2 Å². The third-order valence-corrected chi connectivity index (χ3v) is 5.08. The minimum absolute atomic E-state index is 0.0656. The standard InChI is InChI=1S/C13H16N4O2S2/c18-21(19,17-13-16-15-9-20-13)8-11-3-1-2-10(6-11)7-14-12-4-5-12/h1-3,6,9,12,14H,4-5,7-8H2,(H,16,17). The van der Waals surface area contributed by atoms with Crippen molar-refractivity contribution in [1.82, 2.24) is 15.5 Å². The van der Waals surface area contributed by atoms with E-state index >= 15 is 0 Å². The Balaban J connectivity index is 1.64. The Morgan fingerprint density at radius 1 is 1.29 bits per heavy atom. The molecule has 2 N–H and O–H groups in total. The van der Waals surface area contributed by atoms with Crippen molar-refractivity contribution < 1.29 is 8.42 Å². The van der Waals surface area contributed by atoms with Gasteiger partial charge in [0.15, 0.2) is 0 Å². The Labute approximate surface area is 127 Å². The van der Waals surface area contributed by atoms with Crippen molar-refractivity contribution in [2.75, 3.05) is 4.72 Å². The van der Waals surface area contributed by atoms with E-state index in [2.05, 4.69) is 20.2 Å². The number of benzene rings is 1. The van der Waals surface area contributed by atoms with Crippen molar-refractivity contribution in [3.8, 4) is 0 Å². The molecule has 3 rings (SSSR count). The lowest BCUT2D eigenvalue weighted by atomic mass is 10.1. The maximum absolute atomic E-state index is 12.1. The van der Waals surface area contributed by atoms with Crippen LogP contribution in [0.15, 0.2) is 29.8 Å². The summed E-state index contributed by atoms with van der Waals surface area (Å²) in [5.41, 5.74) is 3.36. The van der Waals surface area contributed by atoms with Crippen LogP contribution in [0.5, 0.6) is 0 Å². The molecule has 112 valence electrons. The van der Waals surface area contributed by atoms with Gasteiger partial charge in [-0.2, -0.15) is 0 Å². The molecule has 1 aromatic carbocycles. The van der Waals surface area contributed by atoms with Crippen molar-refractivity contribution in [1.29, 1.82) is 0 Å². The quantitative estimate of drug-likeness (QED) is 0.810. The zero-order valence-electron chi connectivity index (χ0n) is 11.3. The summed E-state index contributed by atoms with van der Waals surface area (Å²) in [6, 6.07) is 8.27. The van der Waals surface area contributed by atoms with Gasteiger partial charge in [-0.3, -0.25) is 4.72 Å². The van der Waals surface area contributed by atoms with Gasteiger partial charge in [0.2, 0.25) is 15.2 Å². The van der Waals surface area contributed by atoms with Crippen LogP contribution in [0.1, 0.15) is 24.0 Å². The average molecular weight is 324 g/mol. The fourth-order valence-electron chi connectivity index (χ4n) is 1.99. The van der Waals surface area contributed by atoms with Gasteiger partial charge in [-0.1, -0.05) is 35.6 Å². The Morgan fingerprint density at radius 2 is 2.10 bits per heavy atom. The molecule has 8 heteroatoms. The molecule has 21 heavy (non-hydrogen) atoms. The highest BCUT2D eigenvalue weighted by atomic mass is 32.2. The third-order valence-electron chi connectivity index (χ3n) is 3.12. The second kappa shape index (κ2) is 6.08. The molecule has 0 unspecified atom stereocenters. The first-order chi connectivity index (χ1) is 10.1. The first-order valence-electron chi connectivity index (χ1n) is 6.68. The molecule has 1 heterocycles. The highest BCUT2D eigenvalue weighted by Gasteiger charge is 2.20. The van der Waals surface area contributed by atoms with Crippen LogP contribution in [0.25, 0.3) is 0 Å². The summed E-state index contributed by atoms with van der Waals surface area (Å²) in [5.74, 6) is -0.0656. The number of nitrogens with zero attached hydrogens (tertiary/aromatic N) is 2. The molecule has 0 spiro atoms. The molecule has 0 bridgehead atoms. The molecule has 1 saturated carbocycles. The van der Waals surface area contributed by atoms with E-state index in [1.165, 1.54) is 18.4 Å². The van der Waals surface area contributed by atoms with Gasteiger partial charge < -0.3 is 5.32 Å². The predicted molar refractivity (Wildman–Crippen MR) is 82.5 cm³/mol. The van der Waals surface area contributed by atoms with Crippen LogP contribution >= 0.6 is 11.3 Å². The molecular formula is C13H16N4O2S2. The number of aromatic nitrogens is 2. The summed E-state index contributed by atoms with van der Waals surface area (Å²) in [7, 11) is -3.46. The molecule has 2 aromatic rings. The van der Waals surface area contributed by atoms with E-state index in [0.29, 0.717) is 11.2 Å². The fourth-order valence-corrected chi connectivity index (χ4v) is 3.84. The van der Waals surface area contributed by atoms with Gasteiger partial charge in [0.25, 0.3) is 0 Å². The molecule has 0 saturated heterocycles. The first-order valence-corrected chi connectivity index (χ1v) is 9.22. The molecule has 0 aliphatic heterocycles. The molecular weight excluding hydrogens is 308 g/mol. The maximum Gasteiger partial charge on any atom is 0.238 e. The lowest BCUT2D eigenvalue weighted by molar-refractivity contribution is 0.600. The van der Waals surface area contributed by atoms with E-state index in [1.807, 2.05) is 24.3 Å². The second-order valence-electron chi connectivity index (χ2n) is 5.08. The predicted octanol–water partition coefficient (Wildman–Crippen LogP) is 1.73. The Kier molecular flexibility index (Phi) is 4.18. The highest BCUT2D eigenvalue weighted by Crippen LogP contribution is 2.20. The number of hydrogen-bond donors (Lipinski definition) is 2. The maximum atomic E-state index is 12.1. The lowest BCUT2D eigenvalue weighted by Gasteiger charge is -2.07.